The van der Waals surface area contributed by atoms with Crippen molar-refractivity contribution in [2.75, 3.05) is 12.4 Å². The molecule has 1 heterocycles. The number of benzene rings is 1. The molecule has 2 aromatic rings. The van der Waals surface area contributed by atoms with Crippen molar-refractivity contribution in [3.05, 3.63) is 53.1 Å². The summed E-state index contributed by atoms with van der Waals surface area (Å²) in [5.74, 6) is -0.873. The van der Waals surface area contributed by atoms with E-state index in [-0.39, 0.29) is 16.5 Å². The third-order valence-corrected chi connectivity index (χ3v) is 2.71. The van der Waals surface area contributed by atoms with Crippen LogP contribution in [0, 0.1) is 5.82 Å². The minimum Gasteiger partial charge on any atom is -0.494 e. The van der Waals surface area contributed by atoms with Gasteiger partial charge in [0.1, 0.15) is 5.15 Å². The van der Waals surface area contributed by atoms with Gasteiger partial charge in [0.2, 0.25) is 0 Å². The monoisotopic (exact) mass is 280 g/mol. The summed E-state index contributed by atoms with van der Waals surface area (Å²) in [6, 6.07) is 7.17. The largest absolute Gasteiger partial charge is 0.494 e. The van der Waals surface area contributed by atoms with E-state index in [9.17, 15) is 9.18 Å². The number of nitrogens with one attached hydrogen (secondary N) is 1. The summed E-state index contributed by atoms with van der Waals surface area (Å²) in [6.07, 6.45) is 1.49. The van der Waals surface area contributed by atoms with Crippen molar-refractivity contribution >= 4 is 23.2 Å². The molecule has 1 N–H and O–H groups in total. The fraction of sp³-hybridized carbons (Fsp3) is 0.0769. The highest BCUT2D eigenvalue weighted by molar-refractivity contribution is 6.33. The van der Waals surface area contributed by atoms with Gasteiger partial charge in [-0.15, -0.1) is 0 Å². The lowest BCUT2D eigenvalue weighted by atomic mass is 10.2. The van der Waals surface area contributed by atoms with Crippen LogP contribution in [0.1, 0.15) is 10.4 Å². The van der Waals surface area contributed by atoms with Crippen LogP contribution in [0.15, 0.2) is 36.5 Å². The van der Waals surface area contributed by atoms with E-state index in [1.54, 1.807) is 12.1 Å². The Morgan fingerprint density at radius 3 is 2.89 bits per heavy atom. The number of anilines is 1. The van der Waals surface area contributed by atoms with Crippen LogP contribution in [0.5, 0.6) is 5.75 Å². The molecule has 0 saturated carbocycles. The maximum atomic E-state index is 13.2. The molecule has 2 rings (SSSR count). The van der Waals surface area contributed by atoms with Crippen molar-refractivity contribution in [2.24, 2.45) is 0 Å². The first-order chi connectivity index (χ1) is 9.11. The average molecular weight is 281 g/mol. The van der Waals surface area contributed by atoms with Gasteiger partial charge in [0.25, 0.3) is 5.91 Å². The first-order valence-electron chi connectivity index (χ1n) is 5.37. The Balaban J connectivity index is 2.22. The third kappa shape index (κ3) is 3.00. The lowest BCUT2D eigenvalue weighted by Crippen LogP contribution is -2.13. The number of ether oxygens (including phenoxy) is 1. The van der Waals surface area contributed by atoms with Crippen LogP contribution in [0.25, 0.3) is 0 Å². The summed E-state index contributed by atoms with van der Waals surface area (Å²) >= 11 is 5.81. The molecule has 0 atom stereocenters. The van der Waals surface area contributed by atoms with Gasteiger partial charge in [0.15, 0.2) is 11.6 Å². The number of carbonyl (C=O) groups is 1. The molecule has 0 spiro atoms. The minimum absolute atomic E-state index is 0.0510. The molecule has 4 nitrogen and oxygen atoms in total. The Kier molecular flexibility index (Phi) is 3.97. The van der Waals surface area contributed by atoms with Crippen LogP contribution in [0.3, 0.4) is 0 Å². The Morgan fingerprint density at radius 1 is 1.42 bits per heavy atom. The topological polar surface area (TPSA) is 51.2 Å². The third-order valence-electron chi connectivity index (χ3n) is 2.41. The first kappa shape index (κ1) is 13.3. The van der Waals surface area contributed by atoms with Gasteiger partial charge in [0.05, 0.1) is 12.7 Å². The van der Waals surface area contributed by atoms with Crippen molar-refractivity contribution in [3.8, 4) is 5.75 Å². The van der Waals surface area contributed by atoms with E-state index in [0.29, 0.717) is 5.69 Å². The molecular weight excluding hydrogens is 271 g/mol. The number of methoxy groups -OCH3 is 1. The number of halogens is 2. The SMILES string of the molecule is COc1cc(NC(=O)c2cccnc2Cl)ccc1F. The summed E-state index contributed by atoms with van der Waals surface area (Å²) < 4.78 is 18.1. The molecule has 0 radical (unpaired) electrons. The maximum absolute atomic E-state index is 13.2. The molecule has 0 aliphatic rings. The Hall–Kier alpha value is -2.14. The number of amides is 1. The highest BCUT2D eigenvalue weighted by Crippen LogP contribution is 2.22. The zero-order valence-electron chi connectivity index (χ0n) is 9.98. The van der Waals surface area contributed by atoms with E-state index >= 15 is 0 Å². The number of nitrogens with zero attached hydrogens (tertiary/aromatic N) is 1. The molecule has 0 aliphatic carbocycles. The molecule has 6 heteroatoms. The van der Waals surface area contributed by atoms with Crippen molar-refractivity contribution in [2.45, 2.75) is 0 Å². The van der Waals surface area contributed by atoms with Gasteiger partial charge >= 0.3 is 0 Å². The van der Waals surface area contributed by atoms with Crippen LogP contribution < -0.4 is 10.1 Å². The number of pyridine rings is 1. The van der Waals surface area contributed by atoms with Crippen molar-refractivity contribution in [1.82, 2.24) is 4.98 Å². The molecule has 19 heavy (non-hydrogen) atoms. The van der Waals surface area contributed by atoms with Crippen LogP contribution in [-0.2, 0) is 0 Å². The number of rotatable bonds is 3. The predicted molar refractivity (Wildman–Crippen MR) is 70.2 cm³/mol. The van der Waals surface area contributed by atoms with E-state index in [1.807, 2.05) is 0 Å². The average Bonchev–Trinajstić information content (AvgIpc) is 2.41. The second-order valence-electron chi connectivity index (χ2n) is 3.65. The van der Waals surface area contributed by atoms with Crippen LogP contribution in [0.4, 0.5) is 10.1 Å². The van der Waals surface area contributed by atoms with Gasteiger partial charge in [-0.25, -0.2) is 9.37 Å². The van der Waals surface area contributed by atoms with E-state index in [4.69, 9.17) is 16.3 Å². The van der Waals surface area contributed by atoms with Gasteiger partial charge in [-0.2, -0.15) is 0 Å². The second kappa shape index (κ2) is 5.67. The van der Waals surface area contributed by atoms with Crippen molar-refractivity contribution < 1.29 is 13.9 Å². The van der Waals surface area contributed by atoms with Gasteiger partial charge in [-0.1, -0.05) is 11.6 Å². The zero-order valence-corrected chi connectivity index (χ0v) is 10.7. The smallest absolute Gasteiger partial charge is 0.258 e. The lowest BCUT2D eigenvalue weighted by molar-refractivity contribution is 0.102. The molecular formula is C13H10ClFN2O2. The number of hydrogen-bond donors (Lipinski definition) is 1. The highest BCUT2D eigenvalue weighted by atomic mass is 35.5. The van der Waals surface area contributed by atoms with Crippen molar-refractivity contribution in [3.63, 3.8) is 0 Å². The molecule has 1 aromatic heterocycles. The van der Waals surface area contributed by atoms with Gasteiger partial charge < -0.3 is 10.1 Å². The number of carbonyl (C=O) groups excluding carboxylic acids is 1. The second-order valence-corrected chi connectivity index (χ2v) is 4.00. The van der Waals surface area contributed by atoms with Crippen LogP contribution in [-0.4, -0.2) is 18.0 Å². The van der Waals surface area contributed by atoms with Gasteiger partial charge in [-0.3, -0.25) is 4.79 Å². The highest BCUT2D eigenvalue weighted by Gasteiger charge is 2.12. The summed E-state index contributed by atoms with van der Waals surface area (Å²) in [4.78, 5) is 15.8. The first-order valence-corrected chi connectivity index (χ1v) is 5.75. The van der Waals surface area contributed by atoms with Gasteiger partial charge in [0, 0.05) is 18.0 Å². The van der Waals surface area contributed by atoms with E-state index in [2.05, 4.69) is 10.3 Å². The zero-order chi connectivity index (χ0) is 13.8. The van der Waals surface area contributed by atoms with Gasteiger partial charge in [-0.05, 0) is 24.3 Å². The summed E-state index contributed by atoms with van der Waals surface area (Å²) in [7, 11) is 1.35. The predicted octanol–water partition coefficient (Wildman–Crippen LogP) is 3.14. The Morgan fingerprint density at radius 2 is 2.21 bits per heavy atom. The minimum atomic E-state index is -0.500. The van der Waals surface area contributed by atoms with Crippen LogP contribution >= 0.6 is 11.6 Å². The molecule has 0 unspecified atom stereocenters. The summed E-state index contributed by atoms with van der Waals surface area (Å²) in [5, 5.41) is 2.70. The lowest BCUT2D eigenvalue weighted by Gasteiger charge is -2.08. The maximum Gasteiger partial charge on any atom is 0.258 e. The molecule has 0 aliphatic heterocycles. The number of aromatic nitrogens is 1. The summed E-state index contributed by atoms with van der Waals surface area (Å²) in [5.41, 5.74) is 0.649. The molecule has 0 fully saturated rings. The molecule has 1 aromatic carbocycles. The van der Waals surface area contributed by atoms with E-state index in [0.717, 1.165) is 0 Å². The fourth-order valence-corrected chi connectivity index (χ4v) is 1.70. The molecule has 0 bridgehead atoms. The quantitative estimate of drug-likeness (QED) is 0.879. The van der Waals surface area contributed by atoms with Crippen molar-refractivity contribution in [1.29, 1.82) is 0 Å². The Bertz CT molecular complexity index is 619. The standard InChI is InChI=1S/C13H10ClFN2O2/c1-19-11-7-8(4-5-10(11)15)17-13(18)9-3-2-6-16-12(9)14/h2-7H,1H3,(H,17,18). The molecule has 1 amide bonds. The summed E-state index contributed by atoms with van der Waals surface area (Å²) in [6.45, 7) is 0. The molecule has 0 saturated heterocycles. The molecule has 98 valence electrons. The normalized spacial score (nSPS) is 10.1. The van der Waals surface area contributed by atoms with E-state index in [1.165, 1.54) is 31.5 Å². The number of hydrogen-bond acceptors (Lipinski definition) is 3. The Labute approximate surface area is 114 Å². The fourth-order valence-electron chi connectivity index (χ4n) is 1.49. The van der Waals surface area contributed by atoms with Crippen LogP contribution in [0.2, 0.25) is 5.15 Å². The van der Waals surface area contributed by atoms with E-state index < -0.39 is 11.7 Å².